The minimum absolute atomic E-state index is 1.11. The molecule has 1 heteroatoms. The summed E-state index contributed by atoms with van der Waals surface area (Å²) in [4.78, 5) is 0. The number of benzene rings is 3. The molecule has 21 heavy (non-hydrogen) atoms. The highest BCUT2D eigenvalue weighted by molar-refractivity contribution is 9.10. The van der Waals surface area contributed by atoms with Crippen molar-refractivity contribution in [1.29, 1.82) is 0 Å². The number of halogens is 1. The summed E-state index contributed by atoms with van der Waals surface area (Å²) in [6, 6.07) is 25.7. The monoisotopic (exact) mass is 332 g/mol. The Morgan fingerprint density at radius 2 is 1.05 bits per heavy atom. The topological polar surface area (TPSA) is 0 Å². The molecule has 1 aliphatic carbocycles. The summed E-state index contributed by atoms with van der Waals surface area (Å²) in [5.41, 5.74) is 7.83. The number of hydrogen-bond acceptors (Lipinski definition) is 0. The Bertz CT molecular complexity index is 794. The molecule has 0 aliphatic heterocycles. The zero-order valence-electron chi connectivity index (χ0n) is 11.4. The molecule has 0 radical (unpaired) electrons. The Kier molecular flexibility index (Phi) is 3.01. The predicted octanol–water partition coefficient (Wildman–Crippen LogP) is 6.02. The molecule has 4 rings (SSSR count). The molecule has 0 atom stereocenters. The number of fused-ring (bicyclic) bond motifs is 3. The summed E-state index contributed by atoms with van der Waals surface area (Å²) >= 11 is 3.49. The van der Waals surface area contributed by atoms with Crippen LogP contribution in [-0.4, -0.2) is 0 Å². The van der Waals surface area contributed by atoms with Crippen LogP contribution in [0.3, 0.4) is 0 Å². The van der Waals surface area contributed by atoms with Gasteiger partial charge in [-0.2, -0.15) is 0 Å². The molecule has 0 N–H and O–H groups in total. The Morgan fingerprint density at radius 3 is 1.57 bits per heavy atom. The third-order valence-electron chi connectivity index (χ3n) is 3.91. The third-order valence-corrected chi connectivity index (χ3v) is 4.43. The zero-order valence-corrected chi connectivity index (χ0v) is 13.0. The van der Waals surface area contributed by atoms with Crippen LogP contribution in [0.2, 0.25) is 0 Å². The maximum Gasteiger partial charge on any atom is 0.0175 e. The van der Waals surface area contributed by atoms with Gasteiger partial charge in [0.1, 0.15) is 0 Å². The predicted molar refractivity (Wildman–Crippen MR) is 93.0 cm³/mol. The molecule has 0 spiro atoms. The normalized spacial score (nSPS) is 12.0. The Balaban J connectivity index is 1.94. The van der Waals surface area contributed by atoms with E-state index in [1.165, 1.54) is 33.4 Å². The van der Waals surface area contributed by atoms with Crippen LogP contribution in [0.25, 0.3) is 22.8 Å². The van der Waals surface area contributed by atoms with E-state index in [9.17, 15) is 0 Å². The molecule has 0 saturated heterocycles. The van der Waals surface area contributed by atoms with Crippen LogP contribution in [0.15, 0.2) is 77.3 Å². The van der Waals surface area contributed by atoms with Crippen molar-refractivity contribution in [3.63, 3.8) is 0 Å². The van der Waals surface area contributed by atoms with E-state index >= 15 is 0 Å². The highest BCUT2D eigenvalue weighted by atomic mass is 79.9. The summed E-state index contributed by atoms with van der Waals surface area (Å²) in [7, 11) is 0. The first-order chi connectivity index (χ1) is 10.3. The van der Waals surface area contributed by atoms with Crippen molar-refractivity contribution >= 4 is 27.6 Å². The quantitative estimate of drug-likeness (QED) is 0.400. The van der Waals surface area contributed by atoms with Crippen LogP contribution in [0.1, 0.15) is 16.7 Å². The zero-order chi connectivity index (χ0) is 14.2. The second-order valence-corrected chi connectivity index (χ2v) is 6.12. The van der Waals surface area contributed by atoms with Gasteiger partial charge in [-0.05, 0) is 51.6 Å². The Labute approximate surface area is 132 Å². The molecule has 0 unspecified atom stereocenters. The van der Waals surface area contributed by atoms with Gasteiger partial charge < -0.3 is 0 Å². The second kappa shape index (κ2) is 5.01. The molecule has 0 heterocycles. The van der Waals surface area contributed by atoms with Crippen molar-refractivity contribution in [2.45, 2.75) is 0 Å². The van der Waals surface area contributed by atoms with Gasteiger partial charge >= 0.3 is 0 Å². The van der Waals surface area contributed by atoms with Gasteiger partial charge in [-0.25, -0.2) is 0 Å². The fourth-order valence-electron chi connectivity index (χ4n) is 2.93. The Morgan fingerprint density at radius 1 is 0.571 bits per heavy atom. The molecule has 0 bridgehead atoms. The van der Waals surface area contributed by atoms with E-state index in [4.69, 9.17) is 0 Å². The number of rotatable bonds is 1. The first-order valence-corrected chi connectivity index (χ1v) is 7.79. The lowest BCUT2D eigenvalue weighted by Crippen LogP contribution is -1.81. The Hall–Kier alpha value is -2.12. The summed E-state index contributed by atoms with van der Waals surface area (Å²) in [6.45, 7) is 0. The lowest BCUT2D eigenvalue weighted by Gasteiger charge is -2.03. The minimum atomic E-state index is 1.11. The van der Waals surface area contributed by atoms with Crippen LogP contribution in [0.5, 0.6) is 0 Å². The SMILES string of the molecule is Brc1ccc(C=C2c3ccccc3-c3ccccc32)cc1. The van der Waals surface area contributed by atoms with Crippen molar-refractivity contribution in [2.24, 2.45) is 0 Å². The van der Waals surface area contributed by atoms with Crippen molar-refractivity contribution < 1.29 is 0 Å². The van der Waals surface area contributed by atoms with Crippen LogP contribution in [0.4, 0.5) is 0 Å². The molecular formula is C20H13Br. The maximum atomic E-state index is 3.49. The summed E-state index contributed by atoms with van der Waals surface area (Å²) in [5, 5.41) is 0. The summed E-state index contributed by atoms with van der Waals surface area (Å²) in [5.74, 6) is 0. The molecule has 0 amide bonds. The smallest absolute Gasteiger partial charge is 0.0175 e. The van der Waals surface area contributed by atoms with Crippen molar-refractivity contribution in [1.82, 2.24) is 0 Å². The van der Waals surface area contributed by atoms with Gasteiger partial charge in [0.15, 0.2) is 0 Å². The standard InChI is InChI=1S/C20H13Br/c21-15-11-9-14(10-12-15)13-20-18-7-3-1-5-16(18)17-6-2-4-8-19(17)20/h1-13H. The van der Waals surface area contributed by atoms with E-state index in [1.807, 2.05) is 0 Å². The molecule has 100 valence electrons. The first kappa shape index (κ1) is 12.6. The molecular weight excluding hydrogens is 320 g/mol. The average Bonchev–Trinajstić information content (AvgIpc) is 2.85. The highest BCUT2D eigenvalue weighted by Gasteiger charge is 2.21. The van der Waals surface area contributed by atoms with Crippen LogP contribution in [-0.2, 0) is 0 Å². The van der Waals surface area contributed by atoms with Gasteiger partial charge in [-0.3, -0.25) is 0 Å². The minimum Gasteiger partial charge on any atom is -0.0616 e. The van der Waals surface area contributed by atoms with Crippen LogP contribution >= 0.6 is 15.9 Å². The van der Waals surface area contributed by atoms with Gasteiger partial charge in [0.2, 0.25) is 0 Å². The summed E-state index contributed by atoms with van der Waals surface area (Å²) in [6.07, 6.45) is 2.27. The van der Waals surface area contributed by atoms with Crippen molar-refractivity contribution in [3.05, 3.63) is 94.0 Å². The van der Waals surface area contributed by atoms with Crippen molar-refractivity contribution in [2.75, 3.05) is 0 Å². The first-order valence-electron chi connectivity index (χ1n) is 6.99. The fraction of sp³-hybridized carbons (Fsp3) is 0. The fourth-order valence-corrected chi connectivity index (χ4v) is 3.20. The van der Waals surface area contributed by atoms with Gasteiger partial charge in [0.05, 0.1) is 0 Å². The molecule has 0 fully saturated rings. The van der Waals surface area contributed by atoms with Crippen LogP contribution < -0.4 is 0 Å². The van der Waals surface area contributed by atoms with E-state index in [0.29, 0.717) is 0 Å². The highest BCUT2D eigenvalue weighted by Crippen LogP contribution is 2.44. The van der Waals surface area contributed by atoms with Gasteiger partial charge in [0, 0.05) is 4.47 Å². The summed E-state index contributed by atoms with van der Waals surface area (Å²) < 4.78 is 1.11. The van der Waals surface area contributed by atoms with Crippen molar-refractivity contribution in [3.8, 4) is 11.1 Å². The van der Waals surface area contributed by atoms with E-state index in [-0.39, 0.29) is 0 Å². The lowest BCUT2D eigenvalue weighted by molar-refractivity contribution is 1.60. The van der Waals surface area contributed by atoms with Gasteiger partial charge in [0.25, 0.3) is 0 Å². The molecule has 0 saturated carbocycles. The molecule has 0 aromatic heterocycles. The molecule has 1 aliphatic rings. The second-order valence-electron chi connectivity index (χ2n) is 5.20. The van der Waals surface area contributed by atoms with E-state index in [2.05, 4.69) is 94.8 Å². The molecule has 0 nitrogen and oxygen atoms in total. The van der Waals surface area contributed by atoms with Crippen LogP contribution in [0, 0.1) is 0 Å². The van der Waals surface area contributed by atoms with E-state index < -0.39 is 0 Å². The van der Waals surface area contributed by atoms with E-state index in [1.54, 1.807) is 0 Å². The largest absolute Gasteiger partial charge is 0.0616 e. The van der Waals surface area contributed by atoms with Gasteiger partial charge in [-0.1, -0.05) is 76.6 Å². The molecule has 3 aromatic rings. The van der Waals surface area contributed by atoms with E-state index in [0.717, 1.165) is 4.47 Å². The molecule has 3 aromatic carbocycles. The average molecular weight is 333 g/mol. The van der Waals surface area contributed by atoms with Gasteiger partial charge in [-0.15, -0.1) is 0 Å². The lowest BCUT2D eigenvalue weighted by atomic mass is 10.0. The third kappa shape index (κ3) is 2.14. The number of hydrogen-bond donors (Lipinski definition) is 0. The maximum absolute atomic E-state index is 3.49.